The van der Waals surface area contributed by atoms with Gasteiger partial charge in [0.15, 0.2) is 0 Å². The van der Waals surface area contributed by atoms with E-state index >= 15 is 0 Å². The molecule has 0 saturated carbocycles. The van der Waals surface area contributed by atoms with Crippen molar-refractivity contribution in [3.8, 4) is 0 Å². The lowest BCUT2D eigenvalue weighted by atomic mass is 10.1. The highest BCUT2D eigenvalue weighted by atomic mass is 32.2. The van der Waals surface area contributed by atoms with Gasteiger partial charge in [-0.2, -0.15) is 0 Å². The van der Waals surface area contributed by atoms with Crippen LogP contribution in [-0.2, 0) is 11.2 Å². The largest absolute Gasteiger partial charge is 0.325 e. The van der Waals surface area contributed by atoms with Crippen LogP contribution in [0.3, 0.4) is 0 Å². The maximum atomic E-state index is 13.2. The molecule has 0 aliphatic carbocycles. The normalized spacial score (nSPS) is 12.8. The number of rotatable bonds is 4. The van der Waals surface area contributed by atoms with E-state index in [4.69, 9.17) is 0 Å². The zero-order chi connectivity index (χ0) is 19.5. The van der Waals surface area contributed by atoms with Gasteiger partial charge in [0.1, 0.15) is 11.6 Å². The molecule has 140 valence electrons. The van der Waals surface area contributed by atoms with Crippen LogP contribution in [0.1, 0.15) is 22.8 Å². The van der Waals surface area contributed by atoms with E-state index in [9.17, 15) is 9.59 Å². The predicted octanol–water partition coefficient (Wildman–Crippen LogP) is 4.39. The Labute approximate surface area is 167 Å². The van der Waals surface area contributed by atoms with Crippen molar-refractivity contribution in [3.05, 3.63) is 78.0 Å². The molecule has 0 bridgehead atoms. The van der Waals surface area contributed by atoms with E-state index in [0.29, 0.717) is 16.3 Å². The third-order valence-corrected chi connectivity index (χ3v) is 5.62. The lowest BCUT2D eigenvalue weighted by molar-refractivity contribution is -0.114. The van der Waals surface area contributed by atoms with Gasteiger partial charge in [-0.1, -0.05) is 43.0 Å². The zero-order valence-corrected chi connectivity index (χ0v) is 16.2. The number of nitrogens with one attached hydrogen (secondary N) is 1. The van der Waals surface area contributed by atoms with Gasteiger partial charge in [-0.3, -0.25) is 14.5 Å². The number of anilines is 2. The Morgan fingerprint density at radius 1 is 1.11 bits per heavy atom. The van der Waals surface area contributed by atoms with Crippen LogP contribution in [0.2, 0.25) is 0 Å². The lowest BCUT2D eigenvalue weighted by Crippen LogP contribution is -2.38. The van der Waals surface area contributed by atoms with Crippen LogP contribution in [-0.4, -0.2) is 23.3 Å². The second kappa shape index (κ2) is 7.86. The van der Waals surface area contributed by atoms with Gasteiger partial charge in [0.25, 0.3) is 5.91 Å². The number of aromatic nitrogens is 1. The smallest absolute Gasteiger partial charge is 0.259 e. The van der Waals surface area contributed by atoms with Crippen molar-refractivity contribution >= 4 is 35.0 Å². The molecule has 6 heteroatoms. The number of amides is 2. The number of benzene rings is 2. The molecule has 1 aliphatic rings. The molecule has 0 radical (unpaired) electrons. The van der Waals surface area contributed by atoms with E-state index in [0.717, 1.165) is 22.6 Å². The molecule has 2 aromatic carbocycles. The van der Waals surface area contributed by atoms with Crippen molar-refractivity contribution in [2.45, 2.75) is 23.3 Å². The first-order valence-electron chi connectivity index (χ1n) is 9.08. The average molecular weight is 389 g/mol. The van der Waals surface area contributed by atoms with Gasteiger partial charge < -0.3 is 5.32 Å². The number of carbonyl (C=O) groups is 2. The fourth-order valence-electron chi connectivity index (χ4n) is 3.13. The van der Waals surface area contributed by atoms with Gasteiger partial charge in [0, 0.05) is 16.8 Å². The number of aryl methyl sites for hydroxylation is 1. The quantitative estimate of drug-likeness (QED) is 0.719. The Morgan fingerprint density at radius 2 is 1.96 bits per heavy atom. The SMILES string of the molecule is CCc1cccc(NC(=O)CN2C(=O)c3ccccc3Sc3ncccc32)c1. The van der Waals surface area contributed by atoms with Crippen molar-refractivity contribution < 1.29 is 9.59 Å². The van der Waals surface area contributed by atoms with Crippen LogP contribution < -0.4 is 10.2 Å². The van der Waals surface area contributed by atoms with E-state index in [1.807, 2.05) is 48.5 Å². The number of hydrogen-bond acceptors (Lipinski definition) is 4. The third kappa shape index (κ3) is 3.64. The maximum absolute atomic E-state index is 13.2. The van der Waals surface area contributed by atoms with E-state index in [2.05, 4.69) is 17.2 Å². The minimum atomic E-state index is -0.249. The van der Waals surface area contributed by atoms with E-state index < -0.39 is 0 Å². The molecular weight excluding hydrogens is 370 g/mol. The maximum Gasteiger partial charge on any atom is 0.259 e. The molecule has 0 atom stereocenters. The second-order valence-electron chi connectivity index (χ2n) is 6.42. The molecule has 4 rings (SSSR count). The van der Waals surface area contributed by atoms with Crippen molar-refractivity contribution in [2.24, 2.45) is 0 Å². The van der Waals surface area contributed by atoms with E-state index in [1.54, 1.807) is 18.3 Å². The summed E-state index contributed by atoms with van der Waals surface area (Å²) >= 11 is 1.44. The Kier molecular flexibility index (Phi) is 5.12. The molecular formula is C22H19N3O2S. The van der Waals surface area contributed by atoms with Gasteiger partial charge in [0.05, 0.1) is 11.3 Å². The molecule has 1 N–H and O–H groups in total. The first kappa shape index (κ1) is 18.3. The van der Waals surface area contributed by atoms with Gasteiger partial charge in [0.2, 0.25) is 5.91 Å². The first-order valence-corrected chi connectivity index (χ1v) is 9.90. The Hall–Kier alpha value is -3.12. The number of carbonyl (C=O) groups excluding carboxylic acids is 2. The molecule has 2 heterocycles. The summed E-state index contributed by atoms with van der Waals surface area (Å²) in [6, 6.07) is 18.7. The number of nitrogens with zero attached hydrogens (tertiary/aromatic N) is 2. The van der Waals surface area contributed by atoms with Gasteiger partial charge >= 0.3 is 0 Å². The molecule has 1 aromatic heterocycles. The molecule has 0 saturated heterocycles. The molecule has 28 heavy (non-hydrogen) atoms. The van der Waals surface area contributed by atoms with Crippen molar-refractivity contribution in [3.63, 3.8) is 0 Å². The second-order valence-corrected chi connectivity index (χ2v) is 7.45. The van der Waals surface area contributed by atoms with Crippen LogP contribution >= 0.6 is 11.8 Å². The minimum absolute atomic E-state index is 0.0806. The number of fused-ring (bicyclic) bond motifs is 2. The van der Waals surface area contributed by atoms with E-state index in [1.165, 1.54) is 16.7 Å². The van der Waals surface area contributed by atoms with Crippen LogP contribution in [0.25, 0.3) is 0 Å². The zero-order valence-electron chi connectivity index (χ0n) is 15.4. The summed E-state index contributed by atoms with van der Waals surface area (Å²) in [6.07, 6.45) is 2.58. The summed E-state index contributed by atoms with van der Waals surface area (Å²) in [4.78, 5) is 32.7. The molecule has 0 unspecified atom stereocenters. The highest BCUT2D eigenvalue weighted by Gasteiger charge is 2.29. The van der Waals surface area contributed by atoms with Crippen LogP contribution in [0.15, 0.2) is 76.8 Å². The summed E-state index contributed by atoms with van der Waals surface area (Å²) in [5, 5.41) is 3.61. The standard InChI is InChI=1S/C22H19N3O2S/c1-2-15-7-5-8-16(13-15)24-20(26)14-25-18-10-6-12-23-21(18)28-19-11-4-3-9-17(19)22(25)27/h3-13H,2,14H2,1H3,(H,24,26). The highest BCUT2D eigenvalue weighted by molar-refractivity contribution is 7.99. The average Bonchev–Trinajstić information content (AvgIpc) is 2.83. The molecule has 5 nitrogen and oxygen atoms in total. The summed E-state index contributed by atoms with van der Waals surface area (Å²) in [5.41, 5.74) is 3.09. The number of hydrogen-bond donors (Lipinski definition) is 1. The first-order chi connectivity index (χ1) is 13.7. The summed E-state index contributed by atoms with van der Waals surface area (Å²) in [7, 11) is 0. The topological polar surface area (TPSA) is 62.3 Å². The minimum Gasteiger partial charge on any atom is -0.325 e. The van der Waals surface area contributed by atoms with Gasteiger partial charge in [-0.15, -0.1) is 0 Å². The van der Waals surface area contributed by atoms with Gasteiger partial charge in [-0.25, -0.2) is 4.98 Å². The summed E-state index contributed by atoms with van der Waals surface area (Å²) in [5.74, 6) is -0.451. The Balaban J connectivity index is 1.64. The molecule has 3 aromatic rings. The number of pyridine rings is 1. The van der Waals surface area contributed by atoms with Crippen molar-refractivity contribution in [1.82, 2.24) is 4.98 Å². The summed E-state index contributed by atoms with van der Waals surface area (Å²) in [6.45, 7) is 1.98. The van der Waals surface area contributed by atoms with Crippen LogP contribution in [0.4, 0.5) is 11.4 Å². The fourth-order valence-corrected chi connectivity index (χ4v) is 4.14. The Morgan fingerprint density at radius 3 is 2.82 bits per heavy atom. The van der Waals surface area contributed by atoms with Crippen LogP contribution in [0, 0.1) is 0 Å². The summed E-state index contributed by atoms with van der Waals surface area (Å²) < 4.78 is 0. The van der Waals surface area contributed by atoms with E-state index in [-0.39, 0.29) is 18.4 Å². The van der Waals surface area contributed by atoms with Crippen molar-refractivity contribution in [1.29, 1.82) is 0 Å². The molecule has 1 aliphatic heterocycles. The lowest BCUT2D eigenvalue weighted by Gasteiger charge is -2.22. The fraction of sp³-hybridized carbons (Fsp3) is 0.136. The molecule has 2 amide bonds. The molecule has 0 fully saturated rings. The van der Waals surface area contributed by atoms with Crippen LogP contribution in [0.5, 0.6) is 0 Å². The van der Waals surface area contributed by atoms with Crippen molar-refractivity contribution in [2.75, 3.05) is 16.8 Å². The highest BCUT2D eigenvalue weighted by Crippen LogP contribution is 2.39. The monoisotopic (exact) mass is 389 g/mol. The predicted molar refractivity (Wildman–Crippen MR) is 111 cm³/mol. The van der Waals surface area contributed by atoms with Gasteiger partial charge in [-0.05, 0) is 48.4 Å². The molecule has 0 spiro atoms. The third-order valence-electron chi connectivity index (χ3n) is 4.53. The Bertz CT molecular complexity index is 1050.